The molecule has 0 aliphatic carbocycles. The normalized spacial score (nSPS) is 11.1. The number of imidazole rings is 1. The molecule has 1 aromatic carbocycles. The predicted octanol–water partition coefficient (Wildman–Crippen LogP) is 3.67. The third-order valence-electron chi connectivity index (χ3n) is 2.51. The Morgan fingerprint density at radius 2 is 2.06 bits per heavy atom. The zero-order chi connectivity index (χ0) is 12.7. The minimum absolute atomic E-state index is 0.0872. The maximum Gasteiger partial charge on any atom is 0.178 e. The van der Waals surface area contributed by atoms with Crippen molar-refractivity contribution in [1.29, 1.82) is 0 Å². The topological polar surface area (TPSA) is 41.6 Å². The molecule has 0 bridgehead atoms. The van der Waals surface area contributed by atoms with E-state index in [0.717, 1.165) is 10.5 Å². The number of pyridine rings is 1. The highest BCUT2D eigenvalue weighted by atomic mass is 79.9. The number of nitrogens with one attached hydrogen (secondary N) is 1. The van der Waals surface area contributed by atoms with Gasteiger partial charge in [-0.3, -0.25) is 0 Å². The second-order valence-corrected chi connectivity index (χ2v) is 4.63. The summed E-state index contributed by atoms with van der Waals surface area (Å²) in [4.78, 5) is 11.1. The van der Waals surface area contributed by atoms with Crippen molar-refractivity contribution in [2.24, 2.45) is 0 Å². The van der Waals surface area contributed by atoms with Gasteiger partial charge >= 0.3 is 0 Å². The van der Waals surface area contributed by atoms with E-state index in [9.17, 15) is 8.78 Å². The lowest BCUT2D eigenvalue weighted by Crippen LogP contribution is -1.90. The lowest BCUT2D eigenvalue weighted by molar-refractivity contribution is 0.510. The van der Waals surface area contributed by atoms with Gasteiger partial charge in [-0.2, -0.15) is 0 Å². The van der Waals surface area contributed by atoms with Crippen LogP contribution in [-0.2, 0) is 0 Å². The fraction of sp³-hybridized carbons (Fsp3) is 0. The smallest absolute Gasteiger partial charge is 0.178 e. The Morgan fingerprint density at radius 3 is 2.89 bits per heavy atom. The highest BCUT2D eigenvalue weighted by Gasteiger charge is 2.13. The van der Waals surface area contributed by atoms with E-state index in [0.29, 0.717) is 11.2 Å². The van der Waals surface area contributed by atoms with Crippen LogP contribution in [-0.4, -0.2) is 15.0 Å². The third kappa shape index (κ3) is 1.78. The summed E-state index contributed by atoms with van der Waals surface area (Å²) in [6.07, 6.45) is 1.59. The summed E-state index contributed by atoms with van der Waals surface area (Å²) < 4.78 is 27.6. The molecule has 3 rings (SSSR count). The summed E-state index contributed by atoms with van der Waals surface area (Å²) in [5, 5.41) is 0. The zero-order valence-corrected chi connectivity index (χ0v) is 10.5. The molecular weight excluding hydrogens is 304 g/mol. The number of aromatic amines is 1. The molecule has 90 valence electrons. The van der Waals surface area contributed by atoms with Gasteiger partial charge in [0.1, 0.15) is 5.82 Å². The first-order valence-electron chi connectivity index (χ1n) is 5.11. The number of fused-ring (bicyclic) bond motifs is 1. The fourth-order valence-corrected chi connectivity index (χ4v) is 2.02. The molecule has 3 aromatic rings. The number of hydrogen-bond acceptors (Lipinski definition) is 2. The van der Waals surface area contributed by atoms with Crippen molar-refractivity contribution in [3.63, 3.8) is 0 Å². The molecule has 0 atom stereocenters. The Hall–Kier alpha value is -1.82. The Kier molecular flexibility index (Phi) is 2.59. The molecule has 2 aromatic heterocycles. The molecule has 0 unspecified atom stereocenters. The van der Waals surface area contributed by atoms with Gasteiger partial charge in [0.05, 0.1) is 11.1 Å². The molecule has 3 nitrogen and oxygen atoms in total. The van der Waals surface area contributed by atoms with Crippen LogP contribution in [0.2, 0.25) is 0 Å². The Labute approximate surface area is 109 Å². The second kappa shape index (κ2) is 4.13. The molecule has 0 aliphatic heterocycles. The van der Waals surface area contributed by atoms with Crippen LogP contribution >= 0.6 is 15.9 Å². The number of hydrogen-bond donors (Lipinski definition) is 1. The summed E-state index contributed by atoms with van der Waals surface area (Å²) in [5.74, 6) is -1.56. The SMILES string of the molecule is Fc1cccc(-c2nc3ncc(Br)cc3[nH]2)c1F. The lowest BCUT2D eigenvalue weighted by Gasteiger charge is -1.99. The summed E-state index contributed by atoms with van der Waals surface area (Å²) in [6.45, 7) is 0. The van der Waals surface area contributed by atoms with Crippen LogP contribution in [0.3, 0.4) is 0 Å². The second-order valence-electron chi connectivity index (χ2n) is 3.71. The van der Waals surface area contributed by atoms with Crippen LogP contribution in [0.25, 0.3) is 22.6 Å². The van der Waals surface area contributed by atoms with Gasteiger partial charge in [0.15, 0.2) is 17.3 Å². The number of halogens is 3. The molecule has 18 heavy (non-hydrogen) atoms. The van der Waals surface area contributed by atoms with Crippen molar-refractivity contribution in [1.82, 2.24) is 15.0 Å². The van der Waals surface area contributed by atoms with Crippen LogP contribution < -0.4 is 0 Å². The summed E-state index contributed by atoms with van der Waals surface area (Å²) in [5.41, 5.74) is 1.20. The van der Waals surface area contributed by atoms with Gasteiger partial charge in [-0.15, -0.1) is 0 Å². The van der Waals surface area contributed by atoms with E-state index in [2.05, 4.69) is 30.9 Å². The number of H-pyrrole nitrogens is 1. The molecular formula is C12H6BrF2N3. The molecule has 0 radical (unpaired) electrons. The van der Waals surface area contributed by atoms with Crippen molar-refractivity contribution in [2.45, 2.75) is 0 Å². The first-order valence-corrected chi connectivity index (χ1v) is 5.90. The van der Waals surface area contributed by atoms with Crippen molar-refractivity contribution in [3.05, 3.63) is 46.6 Å². The summed E-state index contributed by atoms with van der Waals surface area (Å²) in [6, 6.07) is 5.74. The molecule has 0 saturated carbocycles. The average molecular weight is 310 g/mol. The Balaban J connectivity index is 2.22. The highest BCUT2D eigenvalue weighted by Crippen LogP contribution is 2.24. The van der Waals surface area contributed by atoms with Gasteiger partial charge in [-0.05, 0) is 34.1 Å². The van der Waals surface area contributed by atoms with E-state index < -0.39 is 11.6 Å². The number of aromatic nitrogens is 3. The standard InChI is InChI=1S/C12H6BrF2N3/c13-6-4-9-12(16-5-6)18-11(17-9)7-2-1-3-8(14)10(7)15/h1-5H,(H,16,17,18). The van der Waals surface area contributed by atoms with Gasteiger partial charge in [0, 0.05) is 10.7 Å². The molecule has 0 aliphatic rings. The monoisotopic (exact) mass is 309 g/mol. The minimum Gasteiger partial charge on any atom is -0.336 e. The van der Waals surface area contributed by atoms with Gasteiger partial charge in [-0.1, -0.05) is 6.07 Å². The highest BCUT2D eigenvalue weighted by molar-refractivity contribution is 9.10. The summed E-state index contributed by atoms with van der Waals surface area (Å²) in [7, 11) is 0. The minimum atomic E-state index is -0.921. The molecule has 0 spiro atoms. The summed E-state index contributed by atoms with van der Waals surface area (Å²) >= 11 is 3.28. The molecule has 0 saturated heterocycles. The van der Waals surface area contributed by atoms with E-state index >= 15 is 0 Å². The van der Waals surface area contributed by atoms with E-state index in [1.807, 2.05) is 0 Å². The van der Waals surface area contributed by atoms with Gasteiger partial charge in [-0.25, -0.2) is 18.7 Å². The number of rotatable bonds is 1. The van der Waals surface area contributed by atoms with Gasteiger partial charge in [0.25, 0.3) is 0 Å². The van der Waals surface area contributed by atoms with E-state index in [4.69, 9.17) is 0 Å². The largest absolute Gasteiger partial charge is 0.336 e. The Morgan fingerprint density at radius 1 is 1.22 bits per heavy atom. The quantitative estimate of drug-likeness (QED) is 0.745. The van der Waals surface area contributed by atoms with Crippen LogP contribution in [0.1, 0.15) is 0 Å². The molecule has 0 amide bonds. The van der Waals surface area contributed by atoms with Crippen LogP contribution in [0.15, 0.2) is 34.9 Å². The van der Waals surface area contributed by atoms with Crippen LogP contribution in [0, 0.1) is 11.6 Å². The van der Waals surface area contributed by atoms with E-state index in [1.165, 1.54) is 12.1 Å². The molecule has 0 fully saturated rings. The molecule has 6 heteroatoms. The maximum absolute atomic E-state index is 13.6. The third-order valence-corrected chi connectivity index (χ3v) is 2.94. The van der Waals surface area contributed by atoms with E-state index in [-0.39, 0.29) is 11.4 Å². The van der Waals surface area contributed by atoms with Crippen molar-refractivity contribution < 1.29 is 8.78 Å². The fourth-order valence-electron chi connectivity index (χ4n) is 1.69. The van der Waals surface area contributed by atoms with Crippen LogP contribution in [0.5, 0.6) is 0 Å². The molecule has 2 heterocycles. The first-order chi connectivity index (χ1) is 8.65. The Bertz CT molecular complexity index is 739. The van der Waals surface area contributed by atoms with Crippen molar-refractivity contribution in [3.8, 4) is 11.4 Å². The maximum atomic E-state index is 13.6. The molecule has 1 N–H and O–H groups in total. The number of nitrogens with zero attached hydrogens (tertiary/aromatic N) is 2. The average Bonchev–Trinajstić information content (AvgIpc) is 2.75. The first kappa shape index (κ1) is 11.3. The van der Waals surface area contributed by atoms with Gasteiger partial charge in [0.2, 0.25) is 0 Å². The zero-order valence-electron chi connectivity index (χ0n) is 8.92. The van der Waals surface area contributed by atoms with E-state index in [1.54, 1.807) is 12.3 Å². The lowest BCUT2D eigenvalue weighted by atomic mass is 10.2. The predicted molar refractivity (Wildman–Crippen MR) is 66.9 cm³/mol. The van der Waals surface area contributed by atoms with Crippen molar-refractivity contribution >= 4 is 27.1 Å². The number of benzene rings is 1. The van der Waals surface area contributed by atoms with Gasteiger partial charge < -0.3 is 4.98 Å². The van der Waals surface area contributed by atoms with Crippen LogP contribution in [0.4, 0.5) is 8.78 Å². The van der Waals surface area contributed by atoms with Crippen molar-refractivity contribution in [2.75, 3.05) is 0 Å².